The molecule has 2 nitrogen and oxygen atoms in total. The first kappa shape index (κ1) is 14.8. The van der Waals surface area contributed by atoms with Gasteiger partial charge in [-0.1, -0.05) is 0 Å². The van der Waals surface area contributed by atoms with Crippen LogP contribution >= 0.6 is 0 Å². The summed E-state index contributed by atoms with van der Waals surface area (Å²) >= 11 is 0. The number of hydrogen-bond donors (Lipinski definition) is 0. The maximum atomic E-state index is 13.1. The van der Waals surface area contributed by atoms with E-state index in [1.165, 1.54) is 0 Å². The first-order chi connectivity index (χ1) is 7.51. The van der Waals surface area contributed by atoms with E-state index in [9.17, 15) is 13.9 Å². The molecule has 0 atom stereocenters. The summed E-state index contributed by atoms with van der Waals surface area (Å²) in [6.45, 7) is 2.37. The number of halogens is 2. The fourth-order valence-electron chi connectivity index (χ4n) is 3.06. The average Bonchev–Trinajstić information content (AvgIpc) is 3.11. The standard InChI is InChI=1S/C12H18F2NO.K/c13-12(14)7-11(12)3-5-15(6-4-11)8-10(9-16)1-2-10;/h1-9H2;/q-1;+1. The van der Waals surface area contributed by atoms with Gasteiger partial charge in [-0.2, -0.15) is 0 Å². The zero-order chi connectivity index (χ0) is 11.4. The normalized spacial score (nSPS) is 31.9. The fraction of sp³-hybridized carbons (Fsp3) is 1.00. The molecule has 3 rings (SSSR count). The van der Waals surface area contributed by atoms with E-state index in [4.69, 9.17) is 0 Å². The summed E-state index contributed by atoms with van der Waals surface area (Å²) in [4.78, 5) is 2.23. The van der Waals surface area contributed by atoms with Gasteiger partial charge in [-0.25, -0.2) is 8.78 Å². The molecule has 3 aliphatic rings. The predicted molar refractivity (Wildman–Crippen MR) is 54.2 cm³/mol. The fourth-order valence-corrected chi connectivity index (χ4v) is 3.06. The average molecular weight is 269 g/mol. The van der Waals surface area contributed by atoms with Crippen LogP contribution in [0.4, 0.5) is 8.78 Å². The molecule has 0 bridgehead atoms. The largest absolute Gasteiger partial charge is 1.00 e. The maximum Gasteiger partial charge on any atom is 1.00 e. The third kappa shape index (κ3) is 2.66. The Morgan fingerprint density at radius 2 is 1.59 bits per heavy atom. The zero-order valence-electron chi connectivity index (χ0n) is 10.5. The van der Waals surface area contributed by atoms with E-state index in [1.54, 1.807) is 0 Å². The van der Waals surface area contributed by atoms with Gasteiger partial charge in [0.25, 0.3) is 5.92 Å². The second-order valence-corrected chi connectivity index (χ2v) is 6.08. The van der Waals surface area contributed by atoms with Crippen molar-refractivity contribution in [2.45, 2.75) is 38.0 Å². The van der Waals surface area contributed by atoms with Gasteiger partial charge >= 0.3 is 51.4 Å². The maximum absolute atomic E-state index is 13.1. The molecule has 1 aliphatic heterocycles. The van der Waals surface area contributed by atoms with Crippen molar-refractivity contribution in [1.29, 1.82) is 0 Å². The molecule has 1 saturated heterocycles. The first-order valence-electron chi connectivity index (χ1n) is 6.19. The SMILES string of the molecule is [K+].[O-]CC1(CN2CCC3(CC2)CC3(F)F)CC1. The van der Waals surface area contributed by atoms with E-state index < -0.39 is 11.3 Å². The molecule has 0 aromatic carbocycles. The molecular weight excluding hydrogens is 251 g/mol. The molecule has 0 unspecified atom stereocenters. The molecule has 1 heterocycles. The van der Waals surface area contributed by atoms with Crippen LogP contribution in [0.2, 0.25) is 0 Å². The third-order valence-electron chi connectivity index (χ3n) is 4.85. The first-order valence-corrected chi connectivity index (χ1v) is 6.19. The Morgan fingerprint density at radius 3 is 1.94 bits per heavy atom. The monoisotopic (exact) mass is 269 g/mol. The van der Waals surface area contributed by atoms with Crippen molar-refractivity contribution in [1.82, 2.24) is 4.90 Å². The number of likely N-dealkylation sites (tertiary alicyclic amines) is 1. The molecule has 0 amide bonds. The Hall–Kier alpha value is 1.42. The zero-order valence-corrected chi connectivity index (χ0v) is 13.6. The molecule has 0 N–H and O–H groups in total. The van der Waals surface area contributed by atoms with Crippen molar-refractivity contribution in [2.24, 2.45) is 10.8 Å². The Balaban J connectivity index is 0.00000108. The molecule has 1 spiro atoms. The van der Waals surface area contributed by atoms with Gasteiger partial charge in [-0.05, 0) is 44.2 Å². The molecule has 0 radical (unpaired) electrons. The van der Waals surface area contributed by atoms with Crippen LogP contribution in [0.25, 0.3) is 0 Å². The van der Waals surface area contributed by atoms with Crippen LogP contribution < -0.4 is 56.5 Å². The van der Waals surface area contributed by atoms with Gasteiger partial charge in [-0.15, -0.1) is 6.61 Å². The summed E-state index contributed by atoms with van der Waals surface area (Å²) in [5.41, 5.74) is -0.645. The van der Waals surface area contributed by atoms with Crippen LogP contribution in [0.1, 0.15) is 32.1 Å². The molecular formula is C12H18F2KNO. The van der Waals surface area contributed by atoms with Crippen molar-refractivity contribution in [3.63, 3.8) is 0 Å². The topological polar surface area (TPSA) is 26.3 Å². The van der Waals surface area contributed by atoms with Crippen molar-refractivity contribution >= 4 is 0 Å². The Labute approximate surface area is 144 Å². The molecule has 17 heavy (non-hydrogen) atoms. The van der Waals surface area contributed by atoms with Crippen molar-refractivity contribution in [3.05, 3.63) is 0 Å². The molecule has 0 aromatic rings. The molecule has 5 heteroatoms. The van der Waals surface area contributed by atoms with E-state index in [0.29, 0.717) is 12.8 Å². The van der Waals surface area contributed by atoms with Gasteiger partial charge in [0.05, 0.1) is 0 Å². The summed E-state index contributed by atoms with van der Waals surface area (Å²) in [6, 6.07) is 0. The number of nitrogens with zero attached hydrogens (tertiary/aromatic N) is 1. The van der Waals surface area contributed by atoms with Gasteiger partial charge in [0.1, 0.15) is 0 Å². The third-order valence-corrected chi connectivity index (χ3v) is 4.85. The van der Waals surface area contributed by atoms with Gasteiger partial charge < -0.3 is 10.0 Å². The summed E-state index contributed by atoms with van der Waals surface area (Å²) in [6.07, 6.45) is 3.41. The van der Waals surface area contributed by atoms with Crippen molar-refractivity contribution in [3.8, 4) is 0 Å². The number of hydrogen-bond acceptors (Lipinski definition) is 2. The number of alkyl halides is 2. The van der Waals surface area contributed by atoms with Crippen molar-refractivity contribution < 1.29 is 65.3 Å². The van der Waals surface area contributed by atoms with Gasteiger partial charge in [0.15, 0.2) is 0 Å². The molecule has 3 fully saturated rings. The van der Waals surface area contributed by atoms with Gasteiger partial charge in [-0.3, -0.25) is 0 Å². The predicted octanol–water partition coefficient (Wildman–Crippen LogP) is -1.75. The van der Waals surface area contributed by atoms with Crippen LogP contribution in [-0.2, 0) is 0 Å². The number of rotatable bonds is 3. The second kappa shape index (κ2) is 4.76. The summed E-state index contributed by atoms with van der Waals surface area (Å²) in [5.74, 6) is -2.39. The van der Waals surface area contributed by atoms with Crippen LogP contribution in [0.3, 0.4) is 0 Å². The smallest absolute Gasteiger partial charge is 0.854 e. The van der Waals surface area contributed by atoms with E-state index in [1.807, 2.05) is 0 Å². The Bertz CT molecular complexity index is 299. The minimum Gasteiger partial charge on any atom is -0.854 e. The Kier molecular flexibility index (Phi) is 4.15. The van der Waals surface area contributed by atoms with Crippen LogP contribution in [0, 0.1) is 10.8 Å². The molecule has 0 aromatic heterocycles. The molecule has 2 saturated carbocycles. The van der Waals surface area contributed by atoms with E-state index >= 15 is 0 Å². The van der Waals surface area contributed by atoms with Crippen LogP contribution in [-0.4, -0.2) is 37.1 Å². The molecule has 2 aliphatic carbocycles. The van der Waals surface area contributed by atoms with E-state index in [0.717, 1.165) is 32.5 Å². The second-order valence-electron chi connectivity index (χ2n) is 6.08. The summed E-state index contributed by atoms with van der Waals surface area (Å²) < 4.78 is 26.3. The van der Waals surface area contributed by atoms with Gasteiger partial charge in [0.2, 0.25) is 0 Å². The summed E-state index contributed by atoms with van der Waals surface area (Å²) in [5, 5.41) is 11.0. The minimum atomic E-state index is -2.39. The number of piperidine rings is 1. The molecule has 92 valence electrons. The minimum absolute atomic E-state index is 0. The van der Waals surface area contributed by atoms with Gasteiger partial charge in [0, 0.05) is 18.4 Å². The van der Waals surface area contributed by atoms with E-state index in [2.05, 4.69) is 4.90 Å². The Morgan fingerprint density at radius 1 is 1.06 bits per heavy atom. The van der Waals surface area contributed by atoms with Crippen LogP contribution in [0.5, 0.6) is 0 Å². The quantitative estimate of drug-likeness (QED) is 0.568. The summed E-state index contributed by atoms with van der Waals surface area (Å²) in [7, 11) is 0. The van der Waals surface area contributed by atoms with Crippen molar-refractivity contribution in [2.75, 3.05) is 26.2 Å². The van der Waals surface area contributed by atoms with Crippen LogP contribution in [0.15, 0.2) is 0 Å². The van der Waals surface area contributed by atoms with E-state index in [-0.39, 0.29) is 69.8 Å².